The molecule has 3 rings (SSSR count). The molecule has 0 aliphatic carbocycles. The predicted molar refractivity (Wildman–Crippen MR) is 74.9 cm³/mol. The van der Waals surface area contributed by atoms with Gasteiger partial charge in [0.25, 0.3) is 0 Å². The second-order valence-electron chi connectivity index (χ2n) is 4.39. The van der Waals surface area contributed by atoms with Gasteiger partial charge in [-0.05, 0) is 30.3 Å². The molecule has 0 saturated heterocycles. The highest BCUT2D eigenvalue weighted by Crippen LogP contribution is 2.30. The topological polar surface area (TPSA) is 21.7 Å². The number of para-hydroxylation sites is 2. The molecule has 0 spiro atoms. The summed E-state index contributed by atoms with van der Waals surface area (Å²) in [5.74, 6) is 1.85. The van der Waals surface area contributed by atoms with E-state index in [9.17, 15) is 0 Å². The van der Waals surface area contributed by atoms with Crippen LogP contribution in [0, 0.1) is 6.07 Å². The van der Waals surface area contributed by atoms with Crippen molar-refractivity contribution in [2.45, 2.75) is 0 Å². The van der Waals surface area contributed by atoms with E-state index in [0.29, 0.717) is 6.61 Å². The number of hydrogen-bond donors (Lipinski definition) is 0. The van der Waals surface area contributed by atoms with Gasteiger partial charge in [-0.2, -0.15) is 0 Å². The molecule has 0 unspecified atom stereocenters. The van der Waals surface area contributed by atoms with Gasteiger partial charge < -0.3 is 14.4 Å². The summed E-state index contributed by atoms with van der Waals surface area (Å²) >= 11 is 0. The van der Waals surface area contributed by atoms with Gasteiger partial charge in [0, 0.05) is 0 Å². The number of ether oxygens (including phenoxy) is 2. The molecule has 0 saturated carbocycles. The standard InChI is InChI=1S/C16H16NO2/c1-2-6-14(7-3-1)18-12-10-17-11-13-19-16-9-5-4-8-15(16)17/h2-9H,10-13H2. The van der Waals surface area contributed by atoms with Crippen molar-refractivity contribution in [3.05, 3.63) is 54.6 Å². The van der Waals surface area contributed by atoms with E-state index in [0.717, 1.165) is 36.9 Å². The summed E-state index contributed by atoms with van der Waals surface area (Å²) < 4.78 is 11.4. The van der Waals surface area contributed by atoms with Gasteiger partial charge in [0.05, 0.1) is 18.8 Å². The molecule has 0 bridgehead atoms. The number of nitrogens with zero attached hydrogens (tertiary/aromatic N) is 1. The van der Waals surface area contributed by atoms with Crippen molar-refractivity contribution >= 4 is 5.69 Å². The average Bonchev–Trinajstić information content (AvgIpc) is 2.49. The van der Waals surface area contributed by atoms with Crippen molar-refractivity contribution in [3.8, 4) is 11.5 Å². The van der Waals surface area contributed by atoms with E-state index in [4.69, 9.17) is 9.47 Å². The molecule has 0 fully saturated rings. The highest BCUT2D eigenvalue weighted by molar-refractivity contribution is 5.59. The smallest absolute Gasteiger partial charge is 0.142 e. The van der Waals surface area contributed by atoms with Crippen molar-refractivity contribution in [3.63, 3.8) is 0 Å². The first kappa shape index (κ1) is 11.9. The molecule has 0 N–H and O–H groups in total. The highest BCUT2D eigenvalue weighted by Gasteiger charge is 2.16. The Morgan fingerprint density at radius 2 is 2.00 bits per heavy atom. The molecule has 2 aromatic rings. The Morgan fingerprint density at radius 3 is 2.89 bits per heavy atom. The van der Waals surface area contributed by atoms with E-state index < -0.39 is 0 Å². The lowest BCUT2D eigenvalue weighted by Gasteiger charge is -2.31. The maximum atomic E-state index is 5.72. The number of fused-ring (bicyclic) bond motifs is 1. The Morgan fingerprint density at radius 1 is 1.16 bits per heavy atom. The van der Waals surface area contributed by atoms with Gasteiger partial charge in [-0.3, -0.25) is 0 Å². The van der Waals surface area contributed by atoms with Crippen LogP contribution in [0.2, 0.25) is 0 Å². The average molecular weight is 254 g/mol. The van der Waals surface area contributed by atoms with Crippen molar-refractivity contribution in [1.29, 1.82) is 0 Å². The lowest BCUT2D eigenvalue weighted by Crippen LogP contribution is -2.35. The van der Waals surface area contributed by atoms with Gasteiger partial charge in [0.2, 0.25) is 0 Å². The zero-order valence-electron chi connectivity index (χ0n) is 10.7. The van der Waals surface area contributed by atoms with Gasteiger partial charge in [0.1, 0.15) is 24.7 Å². The predicted octanol–water partition coefficient (Wildman–Crippen LogP) is 2.76. The van der Waals surface area contributed by atoms with Crippen LogP contribution in [0.5, 0.6) is 11.5 Å². The van der Waals surface area contributed by atoms with E-state index in [2.05, 4.69) is 17.0 Å². The third kappa shape index (κ3) is 2.81. The van der Waals surface area contributed by atoms with Crippen molar-refractivity contribution in [2.75, 3.05) is 31.2 Å². The van der Waals surface area contributed by atoms with Crippen LogP contribution < -0.4 is 14.4 Å². The third-order valence-corrected chi connectivity index (χ3v) is 3.14. The number of benzene rings is 2. The van der Waals surface area contributed by atoms with Crippen LogP contribution in [0.4, 0.5) is 5.69 Å². The van der Waals surface area contributed by atoms with Crippen LogP contribution in [-0.4, -0.2) is 26.3 Å². The Balaban J connectivity index is 1.59. The Hall–Kier alpha value is -2.16. The number of hydrogen-bond acceptors (Lipinski definition) is 3. The molecule has 1 radical (unpaired) electrons. The van der Waals surface area contributed by atoms with Gasteiger partial charge in [-0.15, -0.1) is 0 Å². The van der Waals surface area contributed by atoms with Crippen molar-refractivity contribution in [1.82, 2.24) is 0 Å². The fourth-order valence-corrected chi connectivity index (χ4v) is 2.20. The highest BCUT2D eigenvalue weighted by atomic mass is 16.5. The molecule has 3 heteroatoms. The normalized spacial score (nSPS) is 13.6. The maximum Gasteiger partial charge on any atom is 0.142 e. The quantitative estimate of drug-likeness (QED) is 0.837. The molecule has 0 atom stereocenters. The summed E-state index contributed by atoms with van der Waals surface area (Å²) in [6.07, 6.45) is 0. The van der Waals surface area contributed by atoms with Gasteiger partial charge in [-0.25, -0.2) is 0 Å². The fourth-order valence-electron chi connectivity index (χ4n) is 2.20. The number of rotatable bonds is 4. The summed E-state index contributed by atoms with van der Waals surface area (Å²) in [6, 6.07) is 18.7. The van der Waals surface area contributed by atoms with E-state index in [1.54, 1.807) is 0 Å². The minimum absolute atomic E-state index is 0.665. The second-order valence-corrected chi connectivity index (χ2v) is 4.39. The second kappa shape index (κ2) is 5.65. The summed E-state index contributed by atoms with van der Waals surface area (Å²) in [4.78, 5) is 2.30. The molecule has 0 amide bonds. The molecule has 3 nitrogen and oxygen atoms in total. The monoisotopic (exact) mass is 254 g/mol. The van der Waals surface area contributed by atoms with Gasteiger partial charge in [-0.1, -0.05) is 24.3 Å². The molecule has 2 aromatic carbocycles. The van der Waals surface area contributed by atoms with E-state index in [1.807, 2.05) is 42.5 Å². The first-order chi connectivity index (χ1) is 9.43. The molecular weight excluding hydrogens is 238 g/mol. The van der Waals surface area contributed by atoms with Gasteiger partial charge >= 0.3 is 0 Å². The fraction of sp³-hybridized carbons (Fsp3) is 0.250. The lowest BCUT2D eigenvalue weighted by atomic mass is 10.2. The van der Waals surface area contributed by atoms with Crippen molar-refractivity contribution < 1.29 is 9.47 Å². The SMILES string of the molecule is [c]1ccc(OCCN2CCOc3ccccc32)cc1. The molecule has 97 valence electrons. The van der Waals surface area contributed by atoms with Crippen LogP contribution in [0.25, 0.3) is 0 Å². The maximum absolute atomic E-state index is 5.72. The zero-order chi connectivity index (χ0) is 12.9. The molecular formula is C16H16NO2. The Labute approximate surface area is 113 Å². The molecule has 1 aliphatic rings. The minimum atomic E-state index is 0.665. The van der Waals surface area contributed by atoms with Crippen LogP contribution in [0.3, 0.4) is 0 Å². The van der Waals surface area contributed by atoms with Crippen LogP contribution in [0.15, 0.2) is 48.5 Å². The Bertz CT molecular complexity index is 527. The third-order valence-electron chi connectivity index (χ3n) is 3.14. The van der Waals surface area contributed by atoms with Gasteiger partial charge in [0.15, 0.2) is 0 Å². The lowest BCUT2D eigenvalue weighted by molar-refractivity contribution is 0.288. The summed E-state index contributed by atoms with van der Waals surface area (Å²) in [5, 5.41) is 0. The van der Waals surface area contributed by atoms with Crippen LogP contribution >= 0.6 is 0 Å². The van der Waals surface area contributed by atoms with E-state index in [1.165, 1.54) is 0 Å². The molecule has 0 aromatic heterocycles. The van der Waals surface area contributed by atoms with E-state index in [-0.39, 0.29) is 0 Å². The first-order valence-corrected chi connectivity index (χ1v) is 6.49. The Kier molecular flexibility index (Phi) is 3.54. The molecule has 1 aliphatic heterocycles. The summed E-state index contributed by atoms with van der Waals surface area (Å²) in [6.45, 7) is 3.16. The summed E-state index contributed by atoms with van der Waals surface area (Å²) in [5.41, 5.74) is 1.15. The number of anilines is 1. The van der Waals surface area contributed by atoms with Crippen LogP contribution in [-0.2, 0) is 0 Å². The first-order valence-electron chi connectivity index (χ1n) is 6.49. The molecule has 1 heterocycles. The largest absolute Gasteiger partial charge is 0.492 e. The summed E-state index contributed by atoms with van der Waals surface area (Å²) in [7, 11) is 0. The van der Waals surface area contributed by atoms with Crippen molar-refractivity contribution in [2.24, 2.45) is 0 Å². The zero-order valence-corrected chi connectivity index (χ0v) is 10.7. The van der Waals surface area contributed by atoms with E-state index >= 15 is 0 Å². The minimum Gasteiger partial charge on any atom is -0.492 e. The van der Waals surface area contributed by atoms with Crippen LogP contribution in [0.1, 0.15) is 0 Å². The molecule has 19 heavy (non-hydrogen) atoms.